The van der Waals surface area contributed by atoms with E-state index >= 15 is 0 Å². The number of hydrogen-bond donors (Lipinski definition) is 1. The zero-order valence-corrected chi connectivity index (χ0v) is 9.45. The molecule has 0 aliphatic heterocycles. The van der Waals surface area contributed by atoms with Crippen molar-refractivity contribution < 1.29 is 5.11 Å². The SMILES string of the molecule is OC1c2ccccc2C=CC1c1ccccc1. The van der Waals surface area contributed by atoms with E-state index in [0.29, 0.717) is 0 Å². The third-order valence-corrected chi connectivity index (χ3v) is 3.32. The first kappa shape index (κ1) is 10.3. The topological polar surface area (TPSA) is 20.2 Å². The molecule has 2 unspecified atom stereocenters. The zero-order valence-electron chi connectivity index (χ0n) is 9.45. The molecule has 1 nitrogen and oxygen atoms in total. The van der Waals surface area contributed by atoms with Gasteiger partial charge in [-0.25, -0.2) is 0 Å². The van der Waals surface area contributed by atoms with E-state index in [9.17, 15) is 5.11 Å². The van der Waals surface area contributed by atoms with Crippen molar-refractivity contribution in [2.24, 2.45) is 0 Å². The van der Waals surface area contributed by atoms with Gasteiger partial charge in [0.15, 0.2) is 0 Å². The summed E-state index contributed by atoms with van der Waals surface area (Å²) in [7, 11) is 0. The molecule has 0 spiro atoms. The highest BCUT2D eigenvalue weighted by atomic mass is 16.3. The number of fused-ring (bicyclic) bond motifs is 1. The molecule has 0 amide bonds. The number of rotatable bonds is 1. The number of aliphatic hydroxyl groups is 1. The van der Waals surface area contributed by atoms with Gasteiger partial charge in [-0.3, -0.25) is 0 Å². The molecule has 2 atom stereocenters. The Morgan fingerprint density at radius 1 is 0.824 bits per heavy atom. The summed E-state index contributed by atoms with van der Waals surface area (Å²) >= 11 is 0. The Bertz CT molecular complexity index is 542. The van der Waals surface area contributed by atoms with Crippen molar-refractivity contribution in [1.29, 1.82) is 0 Å². The lowest BCUT2D eigenvalue weighted by molar-refractivity contribution is 0.160. The Labute approximate surface area is 101 Å². The maximum atomic E-state index is 10.4. The molecule has 0 saturated carbocycles. The van der Waals surface area contributed by atoms with Crippen LogP contribution in [0, 0.1) is 0 Å². The molecule has 0 aromatic heterocycles. The van der Waals surface area contributed by atoms with E-state index < -0.39 is 6.10 Å². The van der Waals surface area contributed by atoms with Crippen molar-refractivity contribution in [2.75, 3.05) is 0 Å². The third-order valence-electron chi connectivity index (χ3n) is 3.32. The molecule has 17 heavy (non-hydrogen) atoms. The van der Waals surface area contributed by atoms with Crippen molar-refractivity contribution in [1.82, 2.24) is 0 Å². The van der Waals surface area contributed by atoms with Gasteiger partial charge < -0.3 is 5.11 Å². The normalized spacial score (nSPS) is 22.2. The Balaban J connectivity index is 2.03. The Morgan fingerprint density at radius 3 is 2.35 bits per heavy atom. The largest absolute Gasteiger partial charge is 0.387 e. The van der Waals surface area contributed by atoms with Crippen LogP contribution in [0.3, 0.4) is 0 Å². The molecule has 1 N–H and O–H groups in total. The van der Waals surface area contributed by atoms with Crippen LogP contribution in [0.1, 0.15) is 28.7 Å². The van der Waals surface area contributed by atoms with Gasteiger partial charge in [0.2, 0.25) is 0 Å². The molecule has 2 aromatic rings. The monoisotopic (exact) mass is 222 g/mol. The van der Waals surface area contributed by atoms with Crippen molar-refractivity contribution in [3.05, 3.63) is 77.4 Å². The number of hydrogen-bond acceptors (Lipinski definition) is 1. The van der Waals surface area contributed by atoms with E-state index in [4.69, 9.17) is 0 Å². The van der Waals surface area contributed by atoms with Crippen LogP contribution in [0.4, 0.5) is 0 Å². The highest BCUT2D eigenvalue weighted by Crippen LogP contribution is 2.38. The molecule has 1 heteroatoms. The fraction of sp³-hybridized carbons (Fsp3) is 0.125. The van der Waals surface area contributed by atoms with E-state index in [1.54, 1.807) is 0 Å². The minimum atomic E-state index is -0.446. The van der Waals surface area contributed by atoms with Gasteiger partial charge in [0.1, 0.15) is 0 Å². The average Bonchev–Trinajstić information content (AvgIpc) is 2.40. The van der Waals surface area contributed by atoms with Crippen LogP contribution in [0.5, 0.6) is 0 Å². The Kier molecular flexibility index (Phi) is 2.54. The summed E-state index contributed by atoms with van der Waals surface area (Å²) in [6.45, 7) is 0. The highest BCUT2D eigenvalue weighted by molar-refractivity contribution is 5.59. The van der Waals surface area contributed by atoms with Crippen molar-refractivity contribution in [3.8, 4) is 0 Å². The molecule has 0 fully saturated rings. The van der Waals surface area contributed by atoms with Gasteiger partial charge in [-0.2, -0.15) is 0 Å². The first-order valence-corrected chi connectivity index (χ1v) is 5.86. The van der Waals surface area contributed by atoms with E-state index in [2.05, 4.69) is 24.3 Å². The molecule has 1 aliphatic carbocycles. The van der Waals surface area contributed by atoms with Gasteiger partial charge in [-0.05, 0) is 16.7 Å². The molecule has 3 rings (SSSR count). The van der Waals surface area contributed by atoms with Crippen molar-refractivity contribution in [3.63, 3.8) is 0 Å². The molecule has 2 aromatic carbocycles. The van der Waals surface area contributed by atoms with Crippen LogP contribution in [0.15, 0.2) is 60.7 Å². The first-order chi connectivity index (χ1) is 8.36. The molecular weight excluding hydrogens is 208 g/mol. The van der Waals surface area contributed by atoms with Crippen molar-refractivity contribution >= 4 is 6.08 Å². The number of benzene rings is 2. The molecule has 84 valence electrons. The predicted octanol–water partition coefficient (Wildman–Crippen LogP) is 3.53. The molecule has 0 heterocycles. The predicted molar refractivity (Wildman–Crippen MR) is 69.6 cm³/mol. The van der Waals surface area contributed by atoms with Gasteiger partial charge in [-0.1, -0.05) is 66.7 Å². The molecule has 1 aliphatic rings. The second-order valence-electron chi connectivity index (χ2n) is 4.37. The molecule has 0 radical (unpaired) electrons. The van der Waals surface area contributed by atoms with E-state index in [1.807, 2.05) is 42.5 Å². The lowest BCUT2D eigenvalue weighted by Gasteiger charge is -2.26. The molecular formula is C16H14O. The minimum Gasteiger partial charge on any atom is -0.387 e. The van der Waals surface area contributed by atoms with Crippen LogP contribution in [0.2, 0.25) is 0 Å². The summed E-state index contributed by atoms with van der Waals surface area (Å²) in [5.74, 6) is 0.0612. The summed E-state index contributed by atoms with van der Waals surface area (Å²) < 4.78 is 0. The van der Waals surface area contributed by atoms with Crippen LogP contribution in [-0.2, 0) is 0 Å². The fourth-order valence-electron chi connectivity index (χ4n) is 2.41. The number of aliphatic hydroxyl groups excluding tert-OH is 1. The quantitative estimate of drug-likeness (QED) is 0.782. The van der Waals surface area contributed by atoms with Gasteiger partial charge in [-0.15, -0.1) is 0 Å². The second kappa shape index (κ2) is 4.19. The summed E-state index contributed by atoms with van der Waals surface area (Å²) in [6, 6.07) is 18.2. The average molecular weight is 222 g/mol. The van der Waals surface area contributed by atoms with Gasteiger partial charge in [0.05, 0.1) is 6.10 Å². The van der Waals surface area contributed by atoms with Crippen LogP contribution >= 0.6 is 0 Å². The van der Waals surface area contributed by atoms with Gasteiger partial charge >= 0.3 is 0 Å². The second-order valence-corrected chi connectivity index (χ2v) is 4.37. The van der Waals surface area contributed by atoms with Gasteiger partial charge in [0, 0.05) is 5.92 Å². The van der Waals surface area contributed by atoms with Crippen molar-refractivity contribution in [2.45, 2.75) is 12.0 Å². The Morgan fingerprint density at radius 2 is 1.53 bits per heavy atom. The van der Waals surface area contributed by atoms with E-state index in [-0.39, 0.29) is 5.92 Å². The lowest BCUT2D eigenvalue weighted by atomic mass is 9.83. The van der Waals surface area contributed by atoms with Gasteiger partial charge in [0.25, 0.3) is 0 Å². The Hall–Kier alpha value is -1.86. The maximum absolute atomic E-state index is 10.4. The highest BCUT2D eigenvalue weighted by Gasteiger charge is 2.24. The van der Waals surface area contributed by atoms with Crippen LogP contribution in [0.25, 0.3) is 6.08 Å². The third kappa shape index (κ3) is 1.79. The first-order valence-electron chi connectivity index (χ1n) is 5.86. The zero-order chi connectivity index (χ0) is 11.7. The standard InChI is InChI=1S/C16H14O/c17-16-14-9-5-4-8-13(14)10-11-15(16)12-6-2-1-3-7-12/h1-11,15-17H. The minimum absolute atomic E-state index is 0.0612. The van der Waals surface area contributed by atoms with E-state index in [1.165, 1.54) is 0 Å². The summed E-state index contributed by atoms with van der Waals surface area (Å²) in [4.78, 5) is 0. The maximum Gasteiger partial charge on any atom is 0.0899 e. The summed E-state index contributed by atoms with van der Waals surface area (Å²) in [5, 5.41) is 10.4. The molecule has 0 saturated heterocycles. The fourth-order valence-corrected chi connectivity index (χ4v) is 2.41. The molecule has 0 bridgehead atoms. The summed E-state index contributed by atoms with van der Waals surface area (Å²) in [5.41, 5.74) is 3.29. The van der Waals surface area contributed by atoms with Crippen LogP contribution < -0.4 is 0 Å². The lowest BCUT2D eigenvalue weighted by Crippen LogP contribution is -2.13. The smallest absolute Gasteiger partial charge is 0.0899 e. The van der Waals surface area contributed by atoms with Crippen LogP contribution in [-0.4, -0.2) is 5.11 Å². The van der Waals surface area contributed by atoms with E-state index in [0.717, 1.165) is 16.7 Å². The summed E-state index contributed by atoms with van der Waals surface area (Å²) in [6.07, 6.45) is 3.74.